The fourth-order valence-corrected chi connectivity index (χ4v) is 6.35. The van der Waals surface area contributed by atoms with Gasteiger partial charge in [-0.1, -0.05) is 36.4 Å². The second-order valence-electron chi connectivity index (χ2n) is 9.68. The van der Waals surface area contributed by atoms with E-state index in [1.807, 2.05) is 6.07 Å². The van der Waals surface area contributed by atoms with Crippen LogP contribution in [0.25, 0.3) is 0 Å². The number of nitrogens with one attached hydrogen (secondary N) is 1. The van der Waals surface area contributed by atoms with E-state index in [0.29, 0.717) is 35.8 Å². The standard InChI is InChI=1S/C26H30N4O7S/c1-26(20-8-9-21-22(16-20)37-15-5-14-36-21)24(32)30(25(33)27-26)17-23(31)28-10-12-29(13-11-28)38(34,35)18-19-6-3-2-4-7-19/h2-4,6-9,16H,5,10-15,17-18H2,1H3,(H,27,33)/t26-/m0/s1. The van der Waals surface area contributed by atoms with Gasteiger partial charge in [-0.25, -0.2) is 13.2 Å². The van der Waals surface area contributed by atoms with Crippen LogP contribution in [0.3, 0.4) is 0 Å². The number of ether oxygens (including phenoxy) is 2. The summed E-state index contributed by atoms with van der Waals surface area (Å²) in [7, 11) is -3.53. The molecule has 1 atom stereocenters. The normalized spacial score (nSPS) is 22.2. The van der Waals surface area contributed by atoms with Gasteiger partial charge < -0.3 is 19.7 Å². The molecule has 2 fully saturated rings. The molecule has 3 heterocycles. The number of urea groups is 1. The second kappa shape index (κ2) is 10.3. The molecule has 2 aromatic carbocycles. The maximum atomic E-state index is 13.4. The van der Waals surface area contributed by atoms with Crippen LogP contribution in [-0.4, -0.2) is 86.3 Å². The van der Waals surface area contributed by atoms with Gasteiger partial charge in [0.15, 0.2) is 11.5 Å². The number of amides is 4. The fourth-order valence-electron chi connectivity index (χ4n) is 4.84. The van der Waals surface area contributed by atoms with Crippen molar-refractivity contribution in [3.05, 3.63) is 59.7 Å². The molecule has 0 aromatic heterocycles. The first-order valence-corrected chi connectivity index (χ1v) is 14.1. The molecule has 1 N–H and O–H groups in total. The first kappa shape index (κ1) is 26.0. The average Bonchev–Trinajstić information content (AvgIpc) is 3.06. The Hall–Kier alpha value is -3.64. The summed E-state index contributed by atoms with van der Waals surface area (Å²) >= 11 is 0. The molecule has 0 bridgehead atoms. The van der Waals surface area contributed by atoms with E-state index in [2.05, 4.69) is 5.32 Å². The molecule has 0 aliphatic carbocycles. The summed E-state index contributed by atoms with van der Waals surface area (Å²) in [4.78, 5) is 41.5. The third-order valence-electron chi connectivity index (χ3n) is 7.07. The molecule has 2 saturated heterocycles. The molecular weight excluding hydrogens is 512 g/mol. The number of sulfonamides is 1. The Morgan fingerprint density at radius 3 is 2.37 bits per heavy atom. The monoisotopic (exact) mass is 542 g/mol. The van der Waals surface area contributed by atoms with Crippen LogP contribution in [0, 0.1) is 0 Å². The Labute approximate surface area is 221 Å². The number of fused-ring (bicyclic) bond motifs is 1. The molecule has 202 valence electrons. The van der Waals surface area contributed by atoms with Gasteiger partial charge in [-0.2, -0.15) is 4.31 Å². The molecule has 4 amide bonds. The Morgan fingerprint density at radius 2 is 1.66 bits per heavy atom. The predicted octanol–water partition coefficient (Wildman–Crippen LogP) is 1.29. The lowest BCUT2D eigenvalue weighted by molar-refractivity contribution is -0.139. The van der Waals surface area contributed by atoms with Crippen LogP contribution in [0.5, 0.6) is 11.5 Å². The van der Waals surface area contributed by atoms with Gasteiger partial charge in [0.25, 0.3) is 5.91 Å². The molecule has 11 nitrogen and oxygen atoms in total. The van der Waals surface area contributed by atoms with Crippen LogP contribution in [0.15, 0.2) is 48.5 Å². The summed E-state index contributed by atoms with van der Waals surface area (Å²) in [5, 5.41) is 2.71. The summed E-state index contributed by atoms with van der Waals surface area (Å²) < 4.78 is 38.4. The molecule has 5 rings (SSSR count). The van der Waals surface area contributed by atoms with Crippen molar-refractivity contribution in [1.29, 1.82) is 0 Å². The Balaban J connectivity index is 1.21. The molecule has 12 heteroatoms. The maximum Gasteiger partial charge on any atom is 0.325 e. The quantitative estimate of drug-likeness (QED) is 0.545. The van der Waals surface area contributed by atoms with Crippen LogP contribution >= 0.6 is 0 Å². The van der Waals surface area contributed by atoms with Gasteiger partial charge in [0, 0.05) is 32.6 Å². The lowest BCUT2D eigenvalue weighted by Gasteiger charge is -2.34. The first-order valence-electron chi connectivity index (χ1n) is 12.5. The number of hydrogen-bond donors (Lipinski definition) is 1. The molecule has 3 aliphatic heterocycles. The second-order valence-corrected chi connectivity index (χ2v) is 11.6. The Kier molecular flexibility index (Phi) is 7.01. The van der Waals surface area contributed by atoms with Gasteiger partial charge in [0.2, 0.25) is 15.9 Å². The number of benzene rings is 2. The van der Waals surface area contributed by atoms with Crippen molar-refractivity contribution in [2.45, 2.75) is 24.6 Å². The third kappa shape index (κ3) is 5.05. The van der Waals surface area contributed by atoms with E-state index in [1.165, 1.54) is 9.21 Å². The SMILES string of the molecule is C[C@@]1(c2ccc3c(c2)OCCCO3)NC(=O)N(CC(=O)N2CCN(S(=O)(=O)Cc3ccccc3)CC2)C1=O. The summed E-state index contributed by atoms with van der Waals surface area (Å²) in [5.41, 5.74) is -0.153. The molecule has 0 unspecified atom stereocenters. The van der Waals surface area contributed by atoms with E-state index in [-0.39, 0.29) is 31.9 Å². The maximum absolute atomic E-state index is 13.4. The number of imide groups is 1. The van der Waals surface area contributed by atoms with Gasteiger partial charge >= 0.3 is 6.03 Å². The third-order valence-corrected chi connectivity index (χ3v) is 8.92. The Bertz CT molecular complexity index is 1340. The minimum Gasteiger partial charge on any atom is -0.490 e. The summed E-state index contributed by atoms with van der Waals surface area (Å²) in [5.74, 6) is -0.00438. The zero-order chi connectivity index (χ0) is 26.9. The average molecular weight is 543 g/mol. The van der Waals surface area contributed by atoms with E-state index < -0.39 is 40.0 Å². The molecule has 0 radical (unpaired) electrons. The smallest absolute Gasteiger partial charge is 0.325 e. The van der Waals surface area contributed by atoms with Gasteiger partial charge in [0.05, 0.1) is 19.0 Å². The van der Waals surface area contributed by atoms with Crippen molar-refractivity contribution >= 4 is 27.9 Å². The first-order chi connectivity index (χ1) is 18.2. The van der Waals surface area contributed by atoms with Gasteiger partial charge in [-0.3, -0.25) is 14.5 Å². The number of piperazine rings is 1. The number of rotatable bonds is 6. The van der Waals surface area contributed by atoms with Crippen LogP contribution < -0.4 is 14.8 Å². The summed E-state index contributed by atoms with van der Waals surface area (Å²) in [6, 6.07) is 13.3. The van der Waals surface area contributed by atoms with Crippen molar-refractivity contribution in [2.75, 3.05) is 45.9 Å². The molecule has 38 heavy (non-hydrogen) atoms. The van der Waals surface area contributed by atoms with Crippen molar-refractivity contribution in [2.24, 2.45) is 0 Å². The molecule has 0 saturated carbocycles. The largest absolute Gasteiger partial charge is 0.490 e. The molecule has 0 spiro atoms. The molecule has 3 aliphatic rings. The topological polar surface area (TPSA) is 126 Å². The van der Waals surface area contributed by atoms with Crippen LogP contribution in [0.2, 0.25) is 0 Å². The molecule has 2 aromatic rings. The van der Waals surface area contributed by atoms with Gasteiger partial charge in [-0.05, 0) is 30.2 Å². The highest BCUT2D eigenvalue weighted by atomic mass is 32.2. The lowest BCUT2D eigenvalue weighted by atomic mass is 9.91. The van der Waals surface area contributed by atoms with E-state index in [0.717, 1.165) is 11.3 Å². The molecular formula is C26H30N4O7S. The minimum atomic E-state index is -3.53. The zero-order valence-corrected chi connectivity index (χ0v) is 21.9. The predicted molar refractivity (Wildman–Crippen MR) is 137 cm³/mol. The van der Waals surface area contributed by atoms with Crippen LogP contribution in [-0.2, 0) is 30.9 Å². The van der Waals surface area contributed by atoms with Crippen LogP contribution in [0.1, 0.15) is 24.5 Å². The summed E-state index contributed by atoms with van der Waals surface area (Å²) in [6.07, 6.45) is 0.736. The van der Waals surface area contributed by atoms with Crippen molar-refractivity contribution in [3.63, 3.8) is 0 Å². The lowest BCUT2D eigenvalue weighted by Crippen LogP contribution is -2.53. The van der Waals surface area contributed by atoms with E-state index in [1.54, 1.807) is 49.4 Å². The Morgan fingerprint density at radius 1 is 0.974 bits per heavy atom. The van der Waals surface area contributed by atoms with Gasteiger partial charge in [-0.15, -0.1) is 0 Å². The number of nitrogens with zero attached hydrogens (tertiary/aromatic N) is 3. The van der Waals surface area contributed by atoms with E-state index >= 15 is 0 Å². The zero-order valence-electron chi connectivity index (χ0n) is 21.1. The highest BCUT2D eigenvalue weighted by molar-refractivity contribution is 7.88. The van der Waals surface area contributed by atoms with E-state index in [9.17, 15) is 22.8 Å². The highest BCUT2D eigenvalue weighted by Gasteiger charge is 2.50. The van der Waals surface area contributed by atoms with Crippen molar-refractivity contribution < 1.29 is 32.3 Å². The number of carbonyl (C=O) groups excluding carboxylic acids is 3. The van der Waals surface area contributed by atoms with Crippen LogP contribution in [0.4, 0.5) is 4.79 Å². The van der Waals surface area contributed by atoms with Gasteiger partial charge in [0.1, 0.15) is 12.1 Å². The van der Waals surface area contributed by atoms with E-state index in [4.69, 9.17) is 9.47 Å². The number of carbonyl (C=O) groups is 3. The fraction of sp³-hybridized carbons (Fsp3) is 0.423. The highest BCUT2D eigenvalue weighted by Crippen LogP contribution is 2.36. The van der Waals surface area contributed by atoms with Crippen molar-refractivity contribution in [1.82, 2.24) is 19.4 Å². The number of hydrogen-bond acceptors (Lipinski definition) is 7. The summed E-state index contributed by atoms with van der Waals surface area (Å²) in [6.45, 7) is 2.82. The van der Waals surface area contributed by atoms with Crippen molar-refractivity contribution in [3.8, 4) is 11.5 Å². The minimum absolute atomic E-state index is 0.108.